The first-order chi connectivity index (χ1) is 20.2. The Bertz CT molecular complexity index is 1240. The van der Waals surface area contributed by atoms with Crippen molar-refractivity contribution in [3.05, 3.63) is 120 Å². The molecular weight excluding hydrogens is 1200 g/mol. The number of anilines is 2. The van der Waals surface area contributed by atoms with Crippen LogP contribution >= 0.6 is 74.5 Å². The van der Waals surface area contributed by atoms with E-state index in [-0.39, 0.29) is 0 Å². The average molecular weight is 1240 g/mol. The van der Waals surface area contributed by atoms with E-state index in [1.807, 2.05) is 12.1 Å². The second-order valence-corrected chi connectivity index (χ2v) is 41.7. The Kier molecular flexibility index (Phi) is 23.4. The summed E-state index contributed by atoms with van der Waals surface area (Å²) in [5.74, 6) is 0. The molecule has 0 aliphatic carbocycles. The normalized spacial score (nSPS) is 10.3. The molecule has 2 aromatic carbocycles. The number of hydrogen-bond donors (Lipinski definition) is 0. The van der Waals surface area contributed by atoms with Crippen LogP contribution in [-0.2, 0) is 14.1 Å². The summed E-state index contributed by atoms with van der Waals surface area (Å²) >= 11 is 10.6. The predicted molar refractivity (Wildman–Crippen MR) is 211 cm³/mol. The van der Waals surface area contributed by atoms with Gasteiger partial charge in [-0.1, -0.05) is 24.3 Å². The number of aryl methyl sites for hydroxylation is 2. The van der Waals surface area contributed by atoms with Crippen molar-refractivity contribution in [1.82, 2.24) is 0 Å². The Morgan fingerprint density at radius 1 is 0.500 bits per heavy atom. The molecule has 0 N–H and O–H groups in total. The van der Waals surface area contributed by atoms with Crippen LogP contribution in [-0.4, -0.2) is 28.2 Å². The molecule has 0 bridgehead atoms. The first-order valence-corrected chi connectivity index (χ1v) is 37.8. The predicted octanol–water partition coefficient (Wildman–Crippen LogP) is 3.05. The first-order valence-electron chi connectivity index (χ1n) is 12.7. The zero-order valence-electron chi connectivity index (χ0n) is 24.6. The first kappa shape index (κ1) is 40.2. The van der Waals surface area contributed by atoms with Gasteiger partial charge in [0.2, 0.25) is 11.4 Å². The molecular formula is C32H38I6N4. The van der Waals surface area contributed by atoms with Gasteiger partial charge >= 0.3 is 101 Å². The van der Waals surface area contributed by atoms with Crippen LogP contribution in [0.1, 0.15) is 22.5 Å². The number of nitrogens with zero attached hydrogens (tertiary/aromatic N) is 4. The molecule has 10 heteroatoms. The second-order valence-electron chi connectivity index (χ2n) is 9.22. The minimum atomic E-state index is 0.530. The van der Waals surface area contributed by atoms with E-state index in [4.69, 9.17) is 0 Å². The van der Waals surface area contributed by atoms with Crippen LogP contribution in [0, 0.1) is 0 Å². The standard InChI is InChI=1S/2C16H19N2.2I3/c2*1-17(2)15-10-7-14(8-11-15)9-12-16-6-4-5-13-18(16)3;2*1-3-2/h2*4-13H,1-3H3;;/q2*+1;2*-1. The van der Waals surface area contributed by atoms with E-state index >= 15 is 0 Å². The van der Waals surface area contributed by atoms with Crippen molar-refractivity contribution >= 4 is 110 Å². The molecule has 0 aliphatic rings. The van der Waals surface area contributed by atoms with Crippen LogP contribution in [0.5, 0.6) is 0 Å². The van der Waals surface area contributed by atoms with Gasteiger partial charge in [-0.05, 0) is 59.7 Å². The maximum absolute atomic E-state index is 2.39. The van der Waals surface area contributed by atoms with Crippen LogP contribution in [0.2, 0.25) is 0 Å². The van der Waals surface area contributed by atoms with Crippen molar-refractivity contribution in [3.8, 4) is 0 Å². The Morgan fingerprint density at radius 3 is 1.07 bits per heavy atom. The summed E-state index contributed by atoms with van der Waals surface area (Å²) in [4.78, 5) is 4.20. The van der Waals surface area contributed by atoms with Crippen LogP contribution in [0.15, 0.2) is 97.3 Å². The molecule has 4 aromatic rings. The molecule has 4 nitrogen and oxygen atoms in total. The summed E-state index contributed by atoms with van der Waals surface area (Å²) in [7, 11) is 12.3. The zero-order valence-corrected chi connectivity index (χ0v) is 37.5. The summed E-state index contributed by atoms with van der Waals surface area (Å²) in [6.07, 6.45) is 12.6. The number of hydrogen-bond acceptors (Lipinski definition) is 2. The van der Waals surface area contributed by atoms with Gasteiger partial charge in [0.15, 0.2) is 12.4 Å². The average Bonchev–Trinajstić information content (AvgIpc) is 2.98. The van der Waals surface area contributed by atoms with E-state index in [0.717, 1.165) is 0 Å². The van der Waals surface area contributed by atoms with Crippen LogP contribution in [0.25, 0.3) is 24.3 Å². The van der Waals surface area contributed by atoms with Gasteiger partial charge in [-0.2, -0.15) is 0 Å². The van der Waals surface area contributed by atoms with Crippen molar-refractivity contribution < 1.29 is 35.6 Å². The maximum atomic E-state index is 2.39. The van der Waals surface area contributed by atoms with E-state index in [1.54, 1.807) is 0 Å². The summed E-state index contributed by atoms with van der Waals surface area (Å²) in [6, 6.07) is 29.4. The molecule has 0 fully saturated rings. The molecule has 0 unspecified atom stereocenters. The third-order valence-electron chi connectivity index (χ3n) is 5.90. The number of rotatable bonds is 6. The Labute approximate surface area is 312 Å². The molecule has 2 aromatic heterocycles. The van der Waals surface area contributed by atoms with Gasteiger partial charge in [-0.15, -0.1) is 0 Å². The molecule has 0 spiro atoms. The third-order valence-corrected chi connectivity index (χ3v) is 5.90. The molecule has 228 valence electrons. The summed E-state index contributed by atoms with van der Waals surface area (Å²) in [5, 5.41) is 0. The topological polar surface area (TPSA) is 14.2 Å². The van der Waals surface area contributed by atoms with Crippen LogP contribution in [0.4, 0.5) is 11.4 Å². The fraction of sp³-hybridized carbons (Fsp3) is 0.188. The molecule has 0 aliphatic heterocycles. The molecule has 0 radical (unpaired) electrons. The van der Waals surface area contributed by atoms with Crippen molar-refractivity contribution in [3.63, 3.8) is 0 Å². The van der Waals surface area contributed by atoms with E-state index < -0.39 is 0 Å². The van der Waals surface area contributed by atoms with Gasteiger partial charge < -0.3 is 9.80 Å². The molecule has 0 saturated heterocycles. The van der Waals surface area contributed by atoms with Crippen LogP contribution < -0.4 is 45.4 Å². The van der Waals surface area contributed by atoms with Gasteiger partial charge in [0.1, 0.15) is 14.1 Å². The third kappa shape index (κ3) is 17.0. The Balaban J connectivity index is 0.000000354. The Hall–Kier alpha value is 0.200. The van der Waals surface area contributed by atoms with Gasteiger partial charge in [-0.25, -0.2) is 9.13 Å². The van der Waals surface area contributed by atoms with Crippen molar-refractivity contribution in [2.75, 3.05) is 38.0 Å². The van der Waals surface area contributed by atoms with E-state index in [0.29, 0.717) is 26.5 Å². The molecule has 0 atom stereocenters. The van der Waals surface area contributed by atoms with Crippen molar-refractivity contribution in [2.45, 2.75) is 0 Å². The summed E-state index contributed by atoms with van der Waals surface area (Å²) in [6.45, 7) is 0. The molecule has 2 heterocycles. The van der Waals surface area contributed by atoms with E-state index in [1.165, 1.54) is 33.9 Å². The number of halogens is 6. The van der Waals surface area contributed by atoms with Gasteiger partial charge in [0.25, 0.3) is 0 Å². The van der Waals surface area contributed by atoms with Crippen molar-refractivity contribution in [1.29, 1.82) is 0 Å². The molecule has 0 saturated carbocycles. The summed E-state index contributed by atoms with van der Waals surface area (Å²) < 4.78 is 4.20. The molecule has 42 heavy (non-hydrogen) atoms. The second kappa shape index (κ2) is 24.4. The van der Waals surface area contributed by atoms with Gasteiger partial charge in [0, 0.05) is 76.0 Å². The molecule has 0 amide bonds. The zero-order chi connectivity index (χ0) is 31.3. The van der Waals surface area contributed by atoms with Crippen LogP contribution in [0.3, 0.4) is 0 Å². The Morgan fingerprint density at radius 2 is 0.810 bits per heavy atom. The van der Waals surface area contributed by atoms with Gasteiger partial charge in [0.05, 0.1) is 0 Å². The van der Waals surface area contributed by atoms with Gasteiger partial charge in [-0.3, -0.25) is 0 Å². The minimum absolute atomic E-state index is 0.530. The fourth-order valence-electron chi connectivity index (χ4n) is 3.55. The van der Waals surface area contributed by atoms with E-state index in [2.05, 4.69) is 245 Å². The number of aromatic nitrogens is 2. The van der Waals surface area contributed by atoms with E-state index in [9.17, 15) is 0 Å². The fourth-order valence-corrected chi connectivity index (χ4v) is 3.55. The van der Waals surface area contributed by atoms with Crippen molar-refractivity contribution in [2.24, 2.45) is 14.1 Å². The number of pyridine rings is 2. The quantitative estimate of drug-likeness (QED) is 0.218. The summed E-state index contributed by atoms with van der Waals surface area (Å²) in [5.41, 5.74) is 7.24. The number of benzene rings is 2. The molecule has 4 rings (SSSR count). The monoisotopic (exact) mass is 1240 g/mol. The SMILES string of the molecule is CN(C)c1ccc(/C=C/c2cccc[n+]2C)cc1.CN(C)c1ccc(/C=C/c2cccc[n+]2C)cc1.I[I-]I.I[I-]I.